The molecule has 1 heterocycles. The third-order valence-electron chi connectivity index (χ3n) is 3.91. The first-order chi connectivity index (χ1) is 12.9. The molecule has 0 aliphatic carbocycles. The monoisotopic (exact) mass is 384 g/mol. The van der Waals surface area contributed by atoms with Crippen molar-refractivity contribution in [3.05, 3.63) is 12.2 Å². The standard InChI is InChI=1S/C18H28N2O7/c1-3-14(11-21)27-13(2)12-26-18(25)6-4-5-15(22)19-9-10-20-16(23)7-8-17(20)24/h7-8,13-14,21H,3-6,9-12H2,1-2H3,(H,19,22). The van der Waals surface area contributed by atoms with Crippen LogP contribution in [0.2, 0.25) is 0 Å². The molecule has 2 N–H and O–H groups in total. The molecule has 0 aromatic rings. The molecule has 0 radical (unpaired) electrons. The lowest BCUT2D eigenvalue weighted by molar-refractivity contribution is -0.150. The molecule has 3 amide bonds. The summed E-state index contributed by atoms with van der Waals surface area (Å²) < 4.78 is 10.6. The Morgan fingerprint density at radius 3 is 2.48 bits per heavy atom. The highest BCUT2D eigenvalue weighted by atomic mass is 16.6. The van der Waals surface area contributed by atoms with Crippen molar-refractivity contribution < 1.29 is 33.8 Å². The number of rotatable bonds is 13. The minimum Gasteiger partial charge on any atom is -0.463 e. The van der Waals surface area contributed by atoms with Crippen LogP contribution in [-0.4, -0.2) is 72.2 Å². The molecule has 0 saturated heterocycles. The zero-order chi connectivity index (χ0) is 20.2. The Labute approximate surface area is 158 Å². The number of nitrogens with zero attached hydrogens (tertiary/aromatic N) is 1. The van der Waals surface area contributed by atoms with E-state index in [0.717, 1.165) is 4.90 Å². The van der Waals surface area contributed by atoms with E-state index in [1.807, 2.05) is 6.92 Å². The Balaban J connectivity index is 2.08. The lowest BCUT2D eigenvalue weighted by atomic mass is 10.2. The van der Waals surface area contributed by atoms with Crippen LogP contribution < -0.4 is 5.32 Å². The fourth-order valence-corrected chi connectivity index (χ4v) is 2.36. The van der Waals surface area contributed by atoms with Gasteiger partial charge in [0.05, 0.1) is 18.8 Å². The second kappa shape index (κ2) is 12.2. The normalized spacial score (nSPS) is 15.7. The molecule has 27 heavy (non-hydrogen) atoms. The minimum absolute atomic E-state index is 0.0828. The van der Waals surface area contributed by atoms with Gasteiger partial charge in [0.15, 0.2) is 0 Å². The van der Waals surface area contributed by atoms with E-state index in [-0.39, 0.29) is 69.1 Å². The Hall–Kier alpha value is -2.26. The SMILES string of the molecule is CCC(CO)OC(C)COC(=O)CCCC(=O)NCCN1C(=O)C=CC1=O. The second-order valence-electron chi connectivity index (χ2n) is 6.21. The van der Waals surface area contributed by atoms with Gasteiger partial charge in [-0.1, -0.05) is 6.92 Å². The van der Waals surface area contributed by atoms with E-state index in [4.69, 9.17) is 14.6 Å². The van der Waals surface area contributed by atoms with Crippen molar-refractivity contribution in [2.45, 2.75) is 51.7 Å². The fourth-order valence-electron chi connectivity index (χ4n) is 2.36. The molecule has 1 aliphatic heterocycles. The number of amides is 3. The number of carbonyl (C=O) groups excluding carboxylic acids is 4. The van der Waals surface area contributed by atoms with Gasteiger partial charge in [-0.05, 0) is 19.8 Å². The molecule has 2 atom stereocenters. The van der Waals surface area contributed by atoms with Crippen molar-refractivity contribution in [3.63, 3.8) is 0 Å². The van der Waals surface area contributed by atoms with E-state index >= 15 is 0 Å². The van der Waals surface area contributed by atoms with Crippen molar-refractivity contribution in [3.8, 4) is 0 Å². The lowest BCUT2D eigenvalue weighted by Gasteiger charge is -2.19. The van der Waals surface area contributed by atoms with Crippen molar-refractivity contribution in [2.75, 3.05) is 26.3 Å². The summed E-state index contributed by atoms with van der Waals surface area (Å²) >= 11 is 0. The molecule has 0 bridgehead atoms. The molecule has 1 rings (SSSR count). The summed E-state index contributed by atoms with van der Waals surface area (Å²) in [5.41, 5.74) is 0. The van der Waals surface area contributed by atoms with Gasteiger partial charge in [-0.25, -0.2) is 0 Å². The Kier molecular flexibility index (Phi) is 10.3. The Bertz CT molecular complexity index is 540. The Morgan fingerprint density at radius 1 is 1.22 bits per heavy atom. The number of nitrogens with one attached hydrogen (secondary N) is 1. The van der Waals surface area contributed by atoms with Crippen molar-refractivity contribution in [1.29, 1.82) is 0 Å². The molecular weight excluding hydrogens is 356 g/mol. The Morgan fingerprint density at radius 2 is 1.89 bits per heavy atom. The molecule has 0 spiro atoms. The predicted octanol–water partition coefficient (Wildman–Crippen LogP) is -0.0829. The molecular formula is C18H28N2O7. The number of carbonyl (C=O) groups is 4. The third kappa shape index (κ3) is 8.78. The van der Waals surface area contributed by atoms with E-state index in [9.17, 15) is 19.2 Å². The van der Waals surface area contributed by atoms with Gasteiger partial charge in [0.2, 0.25) is 5.91 Å². The van der Waals surface area contributed by atoms with Crippen LogP contribution in [0.4, 0.5) is 0 Å². The zero-order valence-corrected chi connectivity index (χ0v) is 15.8. The summed E-state index contributed by atoms with van der Waals surface area (Å²) in [6.45, 7) is 3.93. The average Bonchev–Trinajstić information content (AvgIpc) is 2.96. The average molecular weight is 384 g/mol. The van der Waals surface area contributed by atoms with Crippen LogP contribution in [0.25, 0.3) is 0 Å². The van der Waals surface area contributed by atoms with Crippen LogP contribution in [0, 0.1) is 0 Å². The molecule has 0 aromatic carbocycles. The molecule has 0 aromatic heterocycles. The van der Waals surface area contributed by atoms with Crippen molar-refractivity contribution in [2.24, 2.45) is 0 Å². The maximum absolute atomic E-state index is 11.7. The van der Waals surface area contributed by atoms with Gasteiger partial charge in [-0.2, -0.15) is 0 Å². The molecule has 1 aliphatic rings. The number of esters is 1. The molecule has 9 nitrogen and oxygen atoms in total. The smallest absolute Gasteiger partial charge is 0.305 e. The zero-order valence-electron chi connectivity index (χ0n) is 15.8. The fraction of sp³-hybridized carbons (Fsp3) is 0.667. The van der Waals surface area contributed by atoms with Gasteiger partial charge in [0.1, 0.15) is 6.61 Å². The number of hydrogen-bond acceptors (Lipinski definition) is 7. The second-order valence-corrected chi connectivity index (χ2v) is 6.21. The molecule has 0 saturated carbocycles. The first-order valence-electron chi connectivity index (χ1n) is 9.09. The summed E-state index contributed by atoms with van der Waals surface area (Å²) in [5.74, 6) is -1.46. The maximum Gasteiger partial charge on any atom is 0.305 e. The minimum atomic E-state index is -0.422. The lowest BCUT2D eigenvalue weighted by Crippen LogP contribution is -2.38. The topological polar surface area (TPSA) is 122 Å². The van der Waals surface area contributed by atoms with Crippen LogP contribution >= 0.6 is 0 Å². The van der Waals surface area contributed by atoms with Crippen LogP contribution in [0.5, 0.6) is 0 Å². The van der Waals surface area contributed by atoms with E-state index in [1.54, 1.807) is 6.92 Å². The van der Waals surface area contributed by atoms with E-state index in [1.165, 1.54) is 12.2 Å². The number of aliphatic hydroxyl groups excluding tert-OH is 1. The predicted molar refractivity (Wildman–Crippen MR) is 95.4 cm³/mol. The van der Waals surface area contributed by atoms with Crippen molar-refractivity contribution >= 4 is 23.7 Å². The van der Waals surface area contributed by atoms with Crippen LogP contribution in [0.1, 0.15) is 39.5 Å². The number of ether oxygens (including phenoxy) is 2. The summed E-state index contributed by atoms with van der Waals surface area (Å²) in [6, 6.07) is 0. The van der Waals surface area contributed by atoms with Crippen molar-refractivity contribution in [1.82, 2.24) is 10.2 Å². The van der Waals surface area contributed by atoms with E-state index in [0.29, 0.717) is 12.8 Å². The first-order valence-corrected chi connectivity index (χ1v) is 9.09. The number of hydrogen-bond donors (Lipinski definition) is 2. The quantitative estimate of drug-likeness (QED) is 0.336. The summed E-state index contributed by atoms with van der Waals surface area (Å²) in [6.07, 6.45) is 3.03. The molecule has 2 unspecified atom stereocenters. The highest BCUT2D eigenvalue weighted by Gasteiger charge is 2.22. The molecule has 0 fully saturated rings. The van der Waals surface area contributed by atoms with Gasteiger partial charge in [-0.3, -0.25) is 24.1 Å². The van der Waals surface area contributed by atoms with Gasteiger partial charge >= 0.3 is 5.97 Å². The van der Waals surface area contributed by atoms with Gasteiger partial charge in [-0.15, -0.1) is 0 Å². The number of imide groups is 1. The molecule has 152 valence electrons. The largest absolute Gasteiger partial charge is 0.463 e. The number of aliphatic hydroxyl groups is 1. The highest BCUT2D eigenvalue weighted by Crippen LogP contribution is 2.05. The first kappa shape index (κ1) is 22.8. The summed E-state index contributed by atoms with van der Waals surface area (Å²) in [4.78, 5) is 47.1. The van der Waals surface area contributed by atoms with E-state index in [2.05, 4.69) is 5.32 Å². The third-order valence-corrected chi connectivity index (χ3v) is 3.91. The van der Waals surface area contributed by atoms with Gasteiger partial charge in [0.25, 0.3) is 11.8 Å². The van der Waals surface area contributed by atoms with Crippen LogP contribution in [0.3, 0.4) is 0 Å². The van der Waals surface area contributed by atoms with Gasteiger partial charge < -0.3 is 19.9 Å². The van der Waals surface area contributed by atoms with Crippen LogP contribution in [0.15, 0.2) is 12.2 Å². The van der Waals surface area contributed by atoms with Gasteiger partial charge in [0, 0.05) is 38.1 Å². The highest BCUT2D eigenvalue weighted by molar-refractivity contribution is 6.12. The maximum atomic E-state index is 11.7. The molecule has 9 heteroatoms. The van der Waals surface area contributed by atoms with Crippen LogP contribution in [-0.2, 0) is 28.7 Å². The van der Waals surface area contributed by atoms with E-state index < -0.39 is 5.97 Å². The summed E-state index contributed by atoms with van der Waals surface area (Å²) in [5, 5.41) is 11.7. The summed E-state index contributed by atoms with van der Waals surface area (Å²) in [7, 11) is 0.